The summed E-state index contributed by atoms with van der Waals surface area (Å²) in [5, 5.41) is 5.49. The van der Waals surface area contributed by atoms with Crippen molar-refractivity contribution in [1.29, 1.82) is 0 Å². The summed E-state index contributed by atoms with van der Waals surface area (Å²) in [5.74, 6) is 1.66. The highest BCUT2D eigenvalue weighted by Crippen LogP contribution is 2.28. The molecule has 108 valence electrons. The molecule has 5 heteroatoms. The molecule has 1 unspecified atom stereocenters. The van der Waals surface area contributed by atoms with Crippen LogP contribution in [0, 0.1) is 5.92 Å². The molecule has 0 amide bonds. The van der Waals surface area contributed by atoms with Crippen LogP contribution in [0.2, 0.25) is 0 Å². The highest BCUT2D eigenvalue weighted by atomic mass is 32.1. The Balaban J connectivity index is 2.15. The van der Waals surface area contributed by atoms with Crippen LogP contribution < -0.4 is 10.1 Å². The Hall–Kier alpha value is -1.62. The van der Waals surface area contributed by atoms with Gasteiger partial charge in [-0.05, 0) is 31.2 Å². The minimum absolute atomic E-state index is 0.107. The van der Waals surface area contributed by atoms with Gasteiger partial charge in [-0.3, -0.25) is 0 Å². The molecule has 0 fully saturated rings. The smallest absolute Gasteiger partial charge is 0.226 e. The molecule has 0 aromatic carbocycles. The minimum atomic E-state index is 0.107. The lowest BCUT2D eigenvalue weighted by Crippen LogP contribution is -2.17. The number of hydrogen-bond donors (Lipinski definition) is 1. The Morgan fingerprint density at radius 2 is 2.00 bits per heavy atom. The van der Waals surface area contributed by atoms with Crippen molar-refractivity contribution in [2.24, 2.45) is 5.92 Å². The minimum Gasteiger partial charge on any atom is -0.475 e. The van der Waals surface area contributed by atoms with Gasteiger partial charge in [0.2, 0.25) is 11.8 Å². The molecule has 0 aliphatic heterocycles. The molecule has 1 atom stereocenters. The van der Waals surface area contributed by atoms with Gasteiger partial charge in [-0.2, -0.15) is 4.98 Å². The molecule has 0 spiro atoms. The average Bonchev–Trinajstić information content (AvgIpc) is 2.88. The number of nitrogens with zero attached hydrogens (tertiary/aromatic N) is 2. The van der Waals surface area contributed by atoms with Crippen LogP contribution in [-0.2, 0) is 0 Å². The summed E-state index contributed by atoms with van der Waals surface area (Å²) in [7, 11) is 0. The maximum atomic E-state index is 5.60. The van der Waals surface area contributed by atoms with Gasteiger partial charge in [-0.15, -0.1) is 11.3 Å². The van der Waals surface area contributed by atoms with Gasteiger partial charge in [0.25, 0.3) is 0 Å². The van der Waals surface area contributed by atoms with Crippen LogP contribution in [0.3, 0.4) is 0 Å². The van der Waals surface area contributed by atoms with E-state index in [4.69, 9.17) is 4.74 Å². The highest BCUT2D eigenvalue weighted by molar-refractivity contribution is 7.10. The van der Waals surface area contributed by atoms with Crippen LogP contribution in [0.4, 0.5) is 5.95 Å². The van der Waals surface area contributed by atoms with Gasteiger partial charge in [-0.1, -0.05) is 19.9 Å². The molecule has 0 bridgehead atoms. The third-order valence-electron chi connectivity index (χ3n) is 2.79. The van der Waals surface area contributed by atoms with Crippen LogP contribution in [-0.4, -0.2) is 16.1 Å². The first kappa shape index (κ1) is 14.8. The third-order valence-corrected chi connectivity index (χ3v) is 3.74. The number of ether oxygens (including phenoxy) is 1. The standard InChI is InChI=1S/C15H21N3OS/c1-10(2)14(12-6-5-9-20-12)18-15-16-8-7-13(17-15)19-11(3)4/h5-11,14H,1-4H3,(H,16,17,18). The zero-order valence-electron chi connectivity index (χ0n) is 12.3. The van der Waals surface area contributed by atoms with E-state index in [1.54, 1.807) is 23.6 Å². The van der Waals surface area contributed by atoms with E-state index < -0.39 is 0 Å². The Kier molecular flexibility index (Phi) is 4.95. The van der Waals surface area contributed by atoms with Gasteiger partial charge in [-0.25, -0.2) is 4.98 Å². The van der Waals surface area contributed by atoms with Crippen LogP contribution in [0.25, 0.3) is 0 Å². The van der Waals surface area contributed by atoms with Crippen LogP contribution in [0.5, 0.6) is 5.88 Å². The second-order valence-electron chi connectivity index (χ2n) is 5.27. The van der Waals surface area contributed by atoms with Crippen molar-refractivity contribution in [3.05, 3.63) is 34.7 Å². The van der Waals surface area contributed by atoms with E-state index in [9.17, 15) is 0 Å². The van der Waals surface area contributed by atoms with E-state index in [-0.39, 0.29) is 12.1 Å². The summed E-state index contributed by atoms with van der Waals surface area (Å²) in [6, 6.07) is 6.19. The molecule has 2 aromatic heterocycles. The number of anilines is 1. The van der Waals surface area contributed by atoms with E-state index in [0.717, 1.165) is 0 Å². The third kappa shape index (κ3) is 3.93. The molecule has 4 nitrogen and oxygen atoms in total. The van der Waals surface area contributed by atoms with Crippen molar-refractivity contribution >= 4 is 17.3 Å². The van der Waals surface area contributed by atoms with Gasteiger partial charge >= 0.3 is 0 Å². The molecule has 1 N–H and O–H groups in total. The summed E-state index contributed by atoms with van der Waals surface area (Å²) in [6.45, 7) is 8.34. The molecule has 0 aliphatic carbocycles. The predicted molar refractivity (Wildman–Crippen MR) is 83.3 cm³/mol. The first-order chi connectivity index (χ1) is 9.56. The molecule has 2 rings (SSSR count). The Morgan fingerprint density at radius 3 is 2.60 bits per heavy atom. The fourth-order valence-corrected chi connectivity index (χ4v) is 2.84. The van der Waals surface area contributed by atoms with Crippen molar-refractivity contribution in [3.63, 3.8) is 0 Å². The molecule has 0 saturated heterocycles. The lowest BCUT2D eigenvalue weighted by molar-refractivity contribution is 0.232. The topological polar surface area (TPSA) is 47.0 Å². The SMILES string of the molecule is CC(C)Oc1ccnc(NC(c2cccs2)C(C)C)n1. The first-order valence-corrected chi connectivity index (χ1v) is 7.74. The van der Waals surface area contributed by atoms with E-state index >= 15 is 0 Å². The second-order valence-corrected chi connectivity index (χ2v) is 6.25. The number of hydrogen-bond acceptors (Lipinski definition) is 5. The second kappa shape index (κ2) is 6.70. The van der Waals surface area contributed by atoms with E-state index in [2.05, 4.69) is 46.6 Å². The van der Waals surface area contributed by atoms with E-state index in [1.807, 2.05) is 13.8 Å². The number of aromatic nitrogens is 2. The van der Waals surface area contributed by atoms with Crippen molar-refractivity contribution in [3.8, 4) is 5.88 Å². The normalized spacial score (nSPS) is 12.7. The predicted octanol–water partition coefficient (Wildman–Crippen LogP) is 4.13. The Labute approximate surface area is 124 Å². The molecule has 2 aromatic rings. The molecule has 0 aliphatic rings. The summed E-state index contributed by atoms with van der Waals surface area (Å²) in [6.07, 6.45) is 1.83. The number of thiophene rings is 1. The van der Waals surface area contributed by atoms with Gasteiger partial charge in [0.1, 0.15) is 0 Å². The average molecular weight is 291 g/mol. The first-order valence-electron chi connectivity index (χ1n) is 6.86. The molecular formula is C15H21N3OS. The lowest BCUT2D eigenvalue weighted by Gasteiger charge is -2.21. The van der Waals surface area contributed by atoms with Crippen molar-refractivity contribution in [2.45, 2.75) is 39.8 Å². The van der Waals surface area contributed by atoms with E-state index in [1.165, 1.54) is 4.88 Å². The summed E-state index contributed by atoms with van der Waals surface area (Å²) in [4.78, 5) is 9.98. The lowest BCUT2D eigenvalue weighted by atomic mass is 10.0. The monoisotopic (exact) mass is 291 g/mol. The van der Waals surface area contributed by atoms with Crippen LogP contribution in [0.1, 0.15) is 38.6 Å². The Bertz CT molecular complexity index is 526. The molecule has 0 saturated carbocycles. The van der Waals surface area contributed by atoms with E-state index in [0.29, 0.717) is 17.7 Å². The van der Waals surface area contributed by atoms with Crippen molar-refractivity contribution in [2.75, 3.05) is 5.32 Å². The van der Waals surface area contributed by atoms with Crippen LogP contribution in [0.15, 0.2) is 29.8 Å². The van der Waals surface area contributed by atoms with Crippen molar-refractivity contribution in [1.82, 2.24) is 9.97 Å². The van der Waals surface area contributed by atoms with Gasteiger partial charge in [0, 0.05) is 17.1 Å². The summed E-state index contributed by atoms with van der Waals surface area (Å²) >= 11 is 1.74. The number of nitrogens with one attached hydrogen (secondary N) is 1. The molecule has 2 heterocycles. The zero-order valence-corrected chi connectivity index (χ0v) is 13.1. The Morgan fingerprint density at radius 1 is 1.20 bits per heavy atom. The van der Waals surface area contributed by atoms with Gasteiger partial charge in [0.05, 0.1) is 12.1 Å². The maximum absolute atomic E-state index is 5.60. The van der Waals surface area contributed by atoms with Crippen molar-refractivity contribution < 1.29 is 4.74 Å². The highest BCUT2D eigenvalue weighted by Gasteiger charge is 2.18. The van der Waals surface area contributed by atoms with Gasteiger partial charge < -0.3 is 10.1 Å². The quantitative estimate of drug-likeness (QED) is 0.869. The number of rotatable bonds is 6. The van der Waals surface area contributed by atoms with Gasteiger partial charge in [0.15, 0.2) is 0 Å². The molecular weight excluding hydrogens is 270 g/mol. The molecule has 20 heavy (non-hydrogen) atoms. The molecule has 0 radical (unpaired) electrons. The fourth-order valence-electron chi connectivity index (χ4n) is 1.89. The zero-order chi connectivity index (χ0) is 14.5. The summed E-state index contributed by atoms with van der Waals surface area (Å²) in [5.41, 5.74) is 0. The van der Waals surface area contributed by atoms with Crippen LogP contribution >= 0.6 is 11.3 Å². The fraction of sp³-hybridized carbons (Fsp3) is 0.467. The summed E-state index contributed by atoms with van der Waals surface area (Å²) < 4.78 is 5.60. The maximum Gasteiger partial charge on any atom is 0.226 e. The largest absolute Gasteiger partial charge is 0.475 e.